The van der Waals surface area contributed by atoms with Crippen molar-refractivity contribution in [3.05, 3.63) is 65.7 Å². The highest BCUT2D eigenvalue weighted by atomic mass is 16.5. The molecule has 11 nitrogen and oxygen atoms in total. The molecule has 1 aromatic heterocycles. The number of nitrogens with one attached hydrogen (secondary N) is 4. The molecule has 2 aromatic carbocycles. The summed E-state index contributed by atoms with van der Waals surface area (Å²) in [6.45, 7) is 7.34. The molecule has 0 aliphatic rings. The molecule has 3 aromatic rings. The molecule has 0 fully saturated rings. The highest BCUT2D eigenvalue weighted by Crippen LogP contribution is 2.14. The van der Waals surface area contributed by atoms with Gasteiger partial charge >= 0.3 is 0 Å². The Hall–Kier alpha value is -3.96. The number of anilines is 3. The number of carbonyl (C=O) groups is 1. The van der Waals surface area contributed by atoms with Gasteiger partial charge in [-0.25, -0.2) is 0 Å². The van der Waals surface area contributed by atoms with E-state index < -0.39 is 0 Å². The van der Waals surface area contributed by atoms with Gasteiger partial charge in [-0.1, -0.05) is 30.3 Å². The lowest BCUT2D eigenvalue weighted by molar-refractivity contribution is 0.0519. The van der Waals surface area contributed by atoms with E-state index in [-0.39, 0.29) is 11.9 Å². The minimum absolute atomic E-state index is 0.110. The van der Waals surface area contributed by atoms with Crippen molar-refractivity contribution in [2.75, 3.05) is 62.6 Å². The number of hydrogen-bond donors (Lipinski definition) is 4. The second kappa shape index (κ2) is 16.0. The summed E-state index contributed by atoms with van der Waals surface area (Å²) in [6, 6.07) is 17.1. The van der Waals surface area contributed by atoms with Crippen LogP contribution in [0.4, 0.5) is 17.8 Å². The molecule has 204 valence electrons. The van der Waals surface area contributed by atoms with Crippen LogP contribution in [0.2, 0.25) is 0 Å². The van der Waals surface area contributed by atoms with Crippen LogP contribution in [-0.4, -0.2) is 73.5 Å². The third-order valence-corrected chi connectivity index (χ3v) is 5.13. The third kappa shape index (κ3) is 10.6. The molecule has 11 heteroatoms. The van der Waals surface area contributed by atoms with Gasteiger partial charge in [0.15, 0.2) is 0 Å². The fraction of sp³-hybridized carbons (Fsp3) is 0.407. The van der Waals surface area contributed by atoms with Crippen LogP contribution in [-0.2, 0) is 16.0 Å². The molecule has 0 unspecified atom stereocenters. The SMILES string of the molecule is COc1ccc(CNc2nc(NCCOCCOCCNC(=O)c3ccccc3)nc(NC(C)C)n2)cc1. The predicted octanol–water partition coefficient (Wildman–Crippen LogP) is 3.19. The van der Waals surface area contributed by atoms with E-state index in [4.69, 9.17) is 14.2 Å². The molecule has 0 aliphatic carbocycles. The van der Waals surface area contributed by atoms with Crippen molar-refractivity contribution in [2.24, 2.45) is 0 Å². The van der Waals surface area contributed by atoms with Crippen LogP contribution in [0.1, 0.15) is 29.8 Å². The Bertz CT molecular complexity index is 1100. The van der Waals surface area contributed by atoms with Crippen LogP contribution in [0.5, 0.6) is 5.75 Å². The second-order valence-corrected chi connectivity index (χ2v) is 8.58. The number of rotatable bonds is 17. The van der Waals surface area contributed by atoms with E-state index in [0.717, 1.165) is 11.3 Å². The Morgan fingerprint density at radius 1 is 0.789 bits per heavy atom. The van der Waals surface area contributed by atoms with Crippen LogP contribution in [0, 0.1) is 0 Å². The summed E-state index contributed by atoms with van der Waals surface area (Å²) < 4.78 is 16.3. The van der Waals surface area contributed by atoms with Crippen molar-refractivity contribution in [2.45, 2.75) is 26.4 Å². The van der Waals surface area contributed by atoms with Gasteiger partial charge < -0.3 is 35.5 Å². The van der Waals surface area contributed by atoms with E-state index in [1.165, 1.54) is 0 Å². The van der Waals surface area contributed by atoms with Gasteiger partial charge in [0.05, 0.1) is 33.5 Å². The second-order valence-electron chi connectivity index (χ2n) is 8.58. The molecule has 4 N–H and O–H groups in total. The predicted molar refractivity (Wildman–Crippen MR) is 148 cm³/mol. The number of benzene rings is 2. The van der Waals surface area contributed by atoms with Gasteiger partial charge in [-0.3, -0.25) is 4.79 Å². The van der Waals surface area contributed by atoms with Gasteiger partial charge in [-0.2, -0.15) is 15.0 Å². The molecule has 0 bridgehead atoms. The molecule has 0 saturated heterocycles. The number of carbonyl (C=O) groups excluding carboxylic acids is 1. The minimum atomic E-state index is -0.110. The van der Waals surface area contributed by atoms with E-state index in [1.54, 1.807) is 19.2 Å². The summed E-state index contributed by atoms with van der Waals surface area (Å²) >= 11 is 0. The summed E-state index contributed by atoms with van der Waals surface area (Å²) in [7, 11) is 1.64. The van der Waals surface area contributed by atoms with E-state index in [1.807, 2.05) is 56.3 Å². The van der Waals surface area contributed by atoms with Gasteiger partial charge in [0, 0.05) is 31.2 Å². The van der Waals surface area contributed by atoms with Gasteiger partial charge in [-0.15, -0.1) is 0 Å². The number of methoxy groups -OCH3 is 1. The Morgan fingerprint density at radius 3 is 2.08 bits per heavy atom. The van der Waals surface area contributed by atoms with Crippen molar-refractivity contribution in [1.29, 1.82) is 0 Å². The van der Waals surface area contributed by atoms with Crippen LogP contribution >= 0.6 is 0 Å². The maximum absolute atomic E-state index is 12.0. The molecule has 0 radical (unpaired) electrons. The Labute approximate surface area is 223 Å². The molecule has 1 heterocycles. The van der Waals surface area contributed by atoms with Crippen molar-refractivity contribution >= 4 is 23.8 Å². The van der Waals surface area contributed by atoms with Crippen LogP contribution < -0.4 is 26.0 Å². The molecule has 0 spiro atoms. The Balaban J connectivity index is 1.33. The highest BCUT2D eigenvalue weighted by Gasteiger charge is 2.08. The maximum atomic E-state index is 12.0. The lowest BCUT2D eigenvalue weighted by atomic mass is 10.2. The molecular formula is C27H37N7O4. The lowest BCUT2D eigenvalue weighted by Gasteiger charge is -2.13. The molecule has 1 amide bonds. The number of ether oxygens (including phenoxy) is 3. The molecular weight excluding hydrogens is 486 g/mol. The standard InChI is InChI=1S/C27H37N7O4/c1-20(2)31-27-33-25(32-26(34-27)30-19-21-9-11-23(36-3)12-10-21)29-14-16-38-18-17-37-15-13-28-24(35)22-7-5-4-6-8-22/h4-12,20H,13-19H2,1-3H3,(H,28,35)(H3,29,30,31,32,33,34). The zero-order chi connectivity index (χ0) is 27.0. The largest absolute Gasteiger partial charge is 0.497 e. The lowest BCUT2D eigenvalue weighted by Crippen LogP contribution is -2.27. The Kier molecular flexibility index (Phi) is 12.0. The molecule has 0 saturated carbocycles. The summed E-state index contributed by atoms with van der Waals surface area (Å²) in [5.74, 6) is 2.11. The maximum Gasteiger partial charge on any atom is 0.251 e. The Morgan fingerprint density at radius 2 is 1.42 bits per heavy atom. The monoisotopic (exact) mass is 523 g/mol. The summed E-state index contributed by atoms with van der Waals surface area (Å²) in [5.41, 5.74) is 1.71. The number of hydrogen-bond acceptors (Lipinski definition) is 10. The van der Waals surface area contributed by atoms with E-state index in [0.29, 0.717) is 69.5 Å². The number of nitrogens with zero attached hydrogens (tertiary/aromatic N) is 3. The first-order valence-corrected chi connectivity index (χ1v) is 12.7. The first-order valence-electron chi connectivity index (χ1n) is 12.7. The smallest absolute Gasteiger partial charge is 0.251 e. The highest BCUT2D eigenvalue weighted by molar-refractivity contribution is 5.94. The van der Waals surface area contributed by atoms with E-state index >= 15 is 0 Å². The topological polar surface area (TPSA) is 132 Å². The average molecular weight is 524 g/mol. The normalized spacial score (nSPS) is 10.7. The molecule has 38 heavy (non-hydrogen) atoms. The van der Waals surface area contributed by atoms with Crippen LogP contribution in [0.15, 0.2) is 54.6 Å². The van der Waals surface area contributed by atoms with Crippen molar-refractivity contribution in [1.82, 2.24) is 20.3 Å². The van der Waals surface area contributed by atoms with Gasteiger partial charge in [0.25, 0.3) is 5.91 Å². The van der Waals surface area contributed by atoms with Gasteiger partial charge in [-0.05, 0) is 43.7 Å². The summed E-state index contributed by atoms with van der Waals surface area (Å²) in [4.78, 5) is 25.3. The number of aromatic nitrogens is 3. The summed E-state index contributed by atoms with van der Waals surface area (Å²) in [6.07, 6.45) is 0. The zero-order valence-electron chi connectivity index (χ0n) is 22.2. The minimum Gasteiger partial charge on any atom is -0.497 e. The first-order chi connectivity index (χ1) is 18.5. The molecule has 0 aliphatic heterocycles. The first kappa shape index (κ1) is 28.6. The number of amides is 1. The fourth-order valence-electron chi connectivity index (χ4n) is 3.27. The van der Waals surface area contributed by atoms with E-state index in [2.05, 4.69) is 36.2 Å². The molecule has 3 rings (SSSR count). The third-order valence-electron chi connectivity index (χ3n) is 5.13. The quantitative estimate of drug-likeness (QED) is 0.196. The summed E-state index contributed by atoms with van der Waals surface area (Å²) in [5, 5.41) is 12.5. The van der Waals surface area contributed by atoms with Crippen LogP contribution in [0.3, 0.4) is 0 Å². The fourth-order valence-corrected chi connectivity index (χ4v) is 3.27. The van der Waals surface area contributed by atoms with Crippen molar-refractivity contribution < 1.29 is 19.0 Å². The average Bonchev–Trinajstić information content (AvgIpc) is 2.93. The zero-order valence-corrected chi connectivity index (χ0v) is 22.2. The van der Waals surface area contributed by atoms with Crippen molar-refractivity contribution in [3.63, 3.8) is 0 Å². The van der Waals surface area contributed by atoms with Crippen molar-refractivity contribution in [3.8, 4) is 5.75 Å². The van der Waals surface area contributed by atoms with E-state index in [9.17, 15) is 4.79 Å². The van der Waals surface area contributed by atoms with Crippen LogP contribution in [0.25, 0.3) is 0 Å². The van der Waals surface area contributed by atoms with Gasteiger partial charge in [0.2, 0.25) is 17.8 Å². The van der Waals surface area contributed by atoms with Gasteiger partial charge in [0.1, 0.15) is 5.75 Å². The molecule has 0 atom stereocenters.